The Morgan fingerprint density at radius 3 is 2.19 bits per heavy atom. The molecular formula is C22H38O4. The van der Waals surface area contributed by atoms with Crippen LogP contribution in [0, 0.1) is 23.2 Å². The minimum absolute atomic E-state index is 0.0853. The summed E-state index contributed by atoms with van der Waals surface area (Å²) in [7, 11) is 0. The summed E-state index contributed by atoms with van der Waals surface area (Å²) in [6.45, 7) is 7.32. The molecular weight excluding hydrogens is 328 g/mol. The number of rotatable bonds is 5. The van der Waals surface area contributed by atoms with Gasteiger partial charge in [-0.2, -0.15) is 0 Å². The molecule has 1 aliphatic heterocycles. The summed E-state index contributed by atoms with van der Waals surface area (Å²) in [5, 5.41) is 0. The Morgan fingerprint density at radius 2 is 1.62 bits per heavy atom. The Kier molecular flexibility index (Phi) is 7.01. The maximum absolute atomic E-state index is 12.7. The summed E-state index contributed by atoms with van der Waals surface area (Å²) >= 11 is 0. The van der Waals surface area contributed by atoms with E-state index in [2.05, 4.69) is 13.8 Å². The standard InChI is InChI=1S/C22H38O4/c1-4-5-17-8-10-18(11-9-17)20-24-14-22(3,15-25-20)21(23)26-19-12-6-16(2)7-13-19/h16-20H,4-15H2,1-3H3/t16-,17-,18-,19-,20?,22?. The molecule has 0 aromatic carbocycles. The van der Waals surface area contributed by atoms with Gasteiger partial charge >= 0.3 is 5.97 Å². The fraction of sp³-hybridized carbons (Fsp3) is 0.955. The van der Waals surface area contributed by atoms with Gasteiger partial charge in [0.05, 0.1) is 13.2 Å². The Hall–Kier alpha value is -0.610. The maximum Gasteiger partial charge on any atom is 0.316 e. The minimum Gasteiger partial charge on any atom is -0.462 e. The molecule has 0 bridgehead atoms. The molecule has 3 rings (SSSR count). The van der Waals surface area contributed by atoms with Crippen molar-refractivity contribution >= 4 is 5.97 Å². The lowest BCUT2D eigenvalue weighted by atomic mass is 9.79. The van der Waals surface area contributed by atoms with E-state index in [0.717, 1.165) is 37.5 Å². The largest absolute Gasteiger partial charge is 0.462 e. The topological polar surface area (TPSA) is 44.8 Å². The zero-order chi connectivity index (χ0) is 18.6. The Morgan fingerprint density at radius 1 is 1.00 bits per heavy atom. The van der Waals surface area contributed by atoms with Gasteiger partial charge in [-0.3, -0.25) is 4.79 Å². The van der Waals surface area contributed by atoms with Crippen molar-refractivity contribution in [3.63, 3.8) is 0 Å². The van der Waals surface area contributed by atoms with E-state index in [1.165, 1.54) is 38.5 Å². The SMILES string of the molecule is CCC[C@H]1CC[C@H](C2OCC(C)(C(=O)O[C@H]3CC[C@H](C)CC3)CO2)CC1. The second kappa shape index (κ2) is 9.05. The molecule has 0 unspecified atom stereocenters. The molecule has 0 aromatic heterocycles. The predicted octanol–water partition coefficient (Wildman–Crippen LogP) is 5.09. The lowest BCUT2D eigenvalue weighted by Crippen LogP contribution is -2.49. The smallest absolute Gasteiger partial charge is 0.316 e. The second-order valence-corrected chi connectivity index (χ2v) is 9.41. The fourth-order valence-electron chi connectivity index (χ4n) is 4.81. The molecule has 3 fully saturated rings. The lowest BCUT2D eigenvalue weighted by Gasteiger charge is -2.41. The number of ether oxygens (including phenoxy) is 3. The fourth-order valence-corrected chi connectivity index (χ4v) is 4.81. The molecule has 2 saturated carbocycles. The Bertz CT molecular complexity index is 439. The molecule has 150 valence electrons. The molecule has 1 heterocycles. The molecule has 0 aromatic rings. The molecule has 0 spiro atoms. The van der Waals surface area contributed by atoms with Crippen LogP contribution in [0.3, 0.4) is 0 Å². The lowest BCUT2D eigenvalue weighted by molar-refractivity contribution is -0.254. The third-order valence-electron chi connectivity index (χ3n) is 6.83. The Balaban J connectivity index is 1.42. The van der Waals surface area contributed by atoms with Crippen LogP contribution in [0.4, 0.5) is 0 Å². The van der Waals surface area contributed by atoms with Gasteiger partial charge in [-0.1, -0.05) is 26.7 Å². The van der Waals surface area contributed by atoms with E-state index in [4.69, 9.17) is 14.2 Å². The average Bonchev–Trinajstić information content (AvgIpc) is 2.65. The van der Waals surface area contributed by atoms with E-state index in [9.17, 15) is 4.79 Å². The number of carbonyl (C=O) groups is 1. The molecule has 0 amide bonds. The highest BCUT2D eigenvalue weighted by Gasteiger charge is 2.44. The average molecular weight is 367 g/mol. The van der Waals surface area contributed by atoms with Gasteiger partial charge in [0, 0.05) is 5.92 Å². The monoisotopic (exact) mass is 366 g/mol. The van der Waals surface area contributed by atoms with E-state index in [1.807, 2.05) is 6.92 Å². The summed E-state index contributed by atoms with van der Waals surface area (Å²) in [4.78, 5) is 12.7. The van der Waals surface area contributed by atoms with Crippen LogP contribution >= 0.6 is 0 Å². The first-order valence-corrected chi connectivity index (χ1v) is 10.9. The third-order valence-corrected chi connectivity index (χ3v) is 6.83. The Labute approximate surface area is 159 Å². The van der Waals surface area contributed by atoms with Gasteiger partial charge in [0.25, 0.3) is 0 Å². The van der Waals surface area contributed by atoms with Crippen LogP contribution in [0.25, 0.3) is 0 Å². The van der Waals surface area contributed by atoms with E-state index in [1.54, 1.807) is 0 Å². The number of hydrogen-bond donors (Lipinski definition) is 0. The van der Waals surface area contributed by atoms with Crippen molar-refractivity contribution < 1.29 is 19.0 Å². The van der Waals surface area contributed by atoms with Crippen LogP contribution in [-0.2, 0) is 19.0 Å². The van der Waals surface area contributed by atoms with Crippen LogP contribution in [0.2, 0.25) is 0 Å². The van der Waals surface area contributed by atoms with Gasteiger partial charge < -0.3 is 14.2 Å². The predicted molar refractivity (Wildman–Crippen MR) is 102 cm³/mol. The van der Waals surface area contributed by atoms with Gasteiger partial charge in [-0.25, -0.2) is 0 Å². The van der Waals surface area contributed by atoms with Crippen molar-refractivity contribution in [1.82, 2.24) is 0 Å². The van der Waals surface area contributed by atoms with Crippen LogP contribution in [0.15, 0.2) is 0 Å². The van der Waals surface area contributed by atoms with E-state index >= 15 is 0 Å². The molecule has 0 N–H and O–H groups in total. The highest BCUT2D eigenvalue weighted by Crippen LogP contribution is 2.38. The van der Waals surface area contributed by atoms with Crippen molar-refractivity contribution in [2.75, 3.05) is 13.2 Å². The van der Waals surface area contributed by atoms with Crippen LogP contribution in [-0.4, -0.2) is 31.6 Å². The van der Waals surface area contributed by atoms with Crippen molar-refractivity contribution in [1.29, 1.82) is 0 Å². The molecule has 4 nitrogen and oxygen atoms in total. The summed E-state index contributed by atoms with van der Waals surface area (Å²) in [5.74, 6) is 2.00. The van der Waals surface area contributed by atoms with Gasteiger partial charge in [0.15, 0.2) is 6.29 Å². The van der Waals surface area contributed by atoms with Gasteiger partial charge in [0.2, 0.25) is 0 Å². The normalized spacial score (nSPS) is 41.6. The van der Waals surface area contributed by atoms with Crippen molar-refractivity contribution in [2.45, 2.75) is 97.4 Å². The summed E-state index contributed by atoms with van der Waals surface area (Å²) in [6.07, 6.45) is 11.9. The molecule has 1 saturated heterocycles. The molecule has 2 aliphatic carbocycles. The molecule has 0 radical (unpaired) electrons. The van der Waals surface area contributed by atoms with Crippen LogP contribution in [0.5, 0.6) is 0 Å². The van der Waals surface area contributed by atoms with Gasteiger partial charge in [0.1, 0.15) is 11.5 Å². The minimum atomic E-state index is -0.654. The molecule has 4 heteroatoms. The highest BCUT2D eigenvalue weighted by atomic mass is 16.7. The second-order valence-electron chi connectivity index (χ2n) is 9.41. The van der Waals surface area contributed by atoms with E-state index in [-0.39, 0.29) is 18.4 Å². The highest BCUT2D eigenvalue weighted by molar-refractivity contribution is 5.77. The van der Waals surface area contributed by atoms with Crippen molar-refractivity contribution in [2.24, 2.45) is 23.2 Å². The van der Waals surface area contributed by atoms with Gasteiger partial charge in [-0.05, 0) is 70.1 Å². The van der Waals surface area contributed by atoms with E-state index in [0.29, 0.717) is 19.1 Å². The van der Waals surface area contributed by atoms with Crippen molar-refractivity contribution in [3.8, 4) is 0 Å². The van der Waals surface area contributed by atoms with Crippen molar-refractivity contribution in [3.05, 3.63) is 0 Å². The maximum atomic E-state index is 12.7. The zero-order valence-electron chi connectivity index (χ0n) is 17.0. The van der Waals surface area contributed by atoms with Crippen LogP contribution in [0.1, 0.15) is 85.0 Å². The number of hydrogen-bond acceptors (Lipinski definition) is 4. The molecule has 0 atom stereocenters. The van der Waals surface area contributed by atoms with Crippen LogP contribution < -0.4 is 0 Å². The first-order valence-electron chi connectivity index (χ1n) is 10.9. The third kappa shape index (κ3) is 5.01. The first kappa shape index (κ1) is 20.1. The van der Waals surface area contributed by atoms with E-state index < -0.39 is 5.41 Å². The first-order chi connectivity index (χ1) is 12.5. The quantitative estimate of drug-likeness (QED) is 0.636. The number of carbonyl (C=O) groups excluding carboxylic acids is 1. The summed E-state index contributed by atoms with van der Waals surface area (Å²) in [5.41, 5.74) is -0.654. The molecule has 26 heavy (non-hydrogen) atoms. The summed E-state index contributed by atoms with van der Waals surface area (Å²) in [6, 6.07) is 0. The van der Waals surface area contributed by atoms with Gasteiger partial charge in [-0.15, -0.1) is 0 Å². The number of esters is 1. The summed E-state index contributed by atoms with van der Waals surface area (Å²) < 4.78 is 17.9. The molecule has 3 aliphatic rings. The zero-order valence-corrected chi connectivity index (χ0v) is 17.0.